The van der Waals surface area contributed by atoms with E-state index < -0.39 is 0 Å². The molecule has 2 aromatic heterocycles. The Kier molecular flexibility index (Phi) is 6.12. The second-order valence-electron chi connectivity index (χ2n) is 7.79. The molecule has 35 heavy (non-hydrogen) atoms. The molecule has 0 radical (unpaired) electrons. The maximum Gasteiger partial charge on any atom is 0.255 e. The van der Waals surface area contributed by atoms with Gasteiger partial charge in [-0.3, -0.25) is 9.59 Å². The molecule has 0 bridgehead atoms. The van der Waals surface area contributed by atoms with Gasteiger partial charge >= 0.3 is 0 Å². The Morgan fingerprint density at radius 2 is 1.74 bits per heavy atom. The van der Waals surface area contributed by atoms with Crippen molar-refractivity contribution in [2.75, 3.05) is 7.05 Å². The van der Waals surface area contributed by atoms with E-state index in [1.807, 2.05) is 29.6 Å². The number of amides is 2. The normalized spacial score (nSPS) is 10.9. The van der Waals surface area contributed by atoms with E-state index in [1.165, 1.54) is 23.5 Å². The van der Waals surface area contributed by atoms with Gasteiger partial charge in [0.2, 0.25) is 0 Å². The van der Waals surface area contributed by atoms with Crippen molar-refractivity contribution >= 4 is 34.1 Å². The Morgan fingerprint density at radius 3 is 2.49 bits per heavy atom. The Balaban J connectivity index is 1.52. The summed E-state index contributed by atoms with van der Waals surface area (Å²) in [5, 5.41) is 8.86. The number of hydrogen-bond donors (Lipinski definition) is 2. The number of nitrogens with zero attached hydrogens (tertiary/aromatic N) is 1. The number of fused-ring (bicyclic) bond motifs is 1. The number of carbonyl (C=O) groups excluding carboxylic acids is 2. The van der Waals surface area contributed by atoms with Gasteiger partial charge in [0, 0.05) is 35.1 Å². The molecular formula is C27H20FN3O3S. The summed E-state index contributed by atoms with van der Waals surface area (Å²) < 4.78 is 19.5. The van der Waals surface area contributed by atoms with Crippen molar-refractivity contribution in [1.29, 1.82) is 0 Å². The predicted octanol–water partition coefficient (Wildman–Crippen LogP) is 5.65. The van der Waals surface area contributed by atoms with Crippen LogP contribution in [0, 0.1) is 5.82 Å². The quantitative estimate of drug-likeness (QED) is 0.325. The largest absolute Gasteiger partial charge is 0.455 e. The second-order valence-corrected chi connectivity index (χ2v) is 8.77. The van der Waals surface area contributed by atoms with Crippen LogP contribution in [0.3, 0.4) is 0 Å². The predicted molar refractivity (Wildman–Crippen MR) is 134 cm³/mol. The summed E-state index contributed by atoms with van der Waals surface area (Å²) in [6, 6.07) is 18.6. The molecule has 2 heterocycles. The minimum Gasteiger partial charge on any atom is -0.455 e. The number of rotatable bonds is 6. The third-order valence-corrected chi connectivity index (χ3v) is 6.37. The Hall–Kier alpha value is -4.30. The molecule has 0 saturated carbocycles. The first-order valence-corrected chi connectivity index (χ1v) is 11.7. The first-order chi connectivity index (χ1) is 17.0. The molecule has 0 atom stereocenters. The third kappa shape index (κ3) is 4.56. The molecular weight excluding hydrogens is 465 g/mol. The molecule has 8 heteroatoms. The molecule has 2 amide bonds. The highest BCUT2D eigenvalue weighted by molar-refractivity contribution is 7.09. The van der Waals surface area contributed by atoms with Gasteiger partial charge in [-0.1, -0.05) is 18.2 Å². The lowest BCUT2D eigenvalue weighted by atomic mass is 9.99. The number of benzene rings is 3. The first-order valence-electron chi connectivity index (χ1n) is 10.8. The zero-order valence-corrected chi connectivity index (χ0v) is 19.5. The molecule has 0 aliphatic rings. The summed E-state index contributed by atoms with van der Waals surface area (Å²) in [4.78, 5) is 29.7. The van der Waals surface area contributed by atoms with Gasteiger partial charge in [-0.05, 0) is 59.7 Å². The van der Waals surface area contributed by atoms with E-state index >= 15 is 0 Å². The molecule has 2 N–H and O–H groups in total. The highest BCUT2D eigenvalue weighted by Gasteiger charge is 2.22. The number of carbonyl (C=O) groups is 2. The zero-order valence-electron chi connectivity index (χ0n) is 18.7. The van der Waals surface area contributed by atoms with Crippen molar-refractivity contribution in [3.05, 3.63) is 100 Å². The minimum atomic E-state index is -0.371. The van der Waals surface area contributed by atoms with E-state index in [-0.39, 0.29) is 17.6 Å². The van der Waals surface area contributed by atoms with Crippen LogP contribution in [0.25, 0.3) is 33.4 Å². The lowest BCUT2D eigenvalue weighted by molar-refractivity contribution is 0.0947. The van der Waals surface area contributed by atoms with Crippen molar-refractivity contribution in [3.63, 3.8) is 0 Å². The van der Waals surface area contributed by atoms with Gasteiger partial charge in [0.15, 0.2) is 0 Å². The van der Waals surface area contributed by atoms with Gasteiger partial charge in [-0.15, -0.1) is 11.3 Å². The minimum absolute atomic E-state index is 0.198. The smallest absolute Gasteiger partial charge is 0.255 e. The third-order valence-electron chi connectivity index (χ3n) is 5.59. The topological polar surface area (TPSA) is 84.2 Å². The van der Waals surface area contributed by atoms with Crippen LogP contribution in [0.2, 0.25) is 0 Å². The van der Waals surface area contributed by atoms with Gasteiger partial charge in [0.25, 0.3) is 11.8 Å². The van der Waals surface area contributed by atoms with Crippen LogP contribution >= 0.6 is 11.3 Å². The molecule has 5 aromatic rings. The molecule has 0 aliphatic heterocycles. The summed E-state index contributed by atoms with van der Waals surface area (Å²) in [6.07, 6.45) is 1.70. The van der Waals surface area contributed by atoms with E-state index in [0.717, 1.165) is 16.1 Å². The average molecular weight is 486 g/mol. The molecule has 3 aromatic carbocycles. The van der Waals surface area contributed by atoms with Gasteiger partial charge < -0.3 is 15.1 Å². The summed E-state index contributed by atoms with van der Waals surface area (Å²) in [6.45, 7) is 0.364. The number of furan rings is 1. The standard InChI is InChI=1S/C27H20FN3O3S/c1-29-27(33)24-21-14-18(7-10-22(21)34-25(24)16-5-8-20(28)9-6-16)17-3-2-4-19(13-17)26(32)31-15-23-30-11-12-35-23/h2-14H,15H2,1H3,(H,29,33)(H,31,32). The summed E-state index contributed by atoms with van der Waals surface area (Å²) in [7, 11) is 1.55. The summed E-state index contributed by atoms with van der Waals surface area (Å²) in [5.41, 5.74) is 3.66. The Bertz CT molecular complexity index is 1530. The SMILES string of the molecule is CNC(=O)c1c(-c2ccc(F)cc2)oc2ccc(-c3cccc(C(=O)NCc4nccs4)c3)cc12. The van der Waals surface area contributed by atoms with Crippen LogP contribution in [0.15, 0.2) is 82.7 Å². The van der Waals surface area contributed by atoms with E-state index in [2.05, 4.69) is 15.6 Å². The van der Waals surface area contributed by atoms with E-state index in [0.29, 0.717) is 40.0 Å². The highest BCUT2D eigenvalue weighted by Crippen LogP contribution is 2.36. The molecule has 5 rings (SSSR count). The number of thiazole rings is 1. The number of nitrogens with one attached hydrogen (secondary N) is 2. The lowest BCUT2D eigenvalue weighted by Crippen LogP contribution is -2.22. The molecule has 0 saturated heterocycles. The van der Waals surface area contributed by atoms with Gasteiger partial charge in [0.1, 0.15) is 22.2 Å². The molecule has 6 nitrogen and oxygen atoms in total. The average Bonchev–Trinajstić information content (AvgIpc) is 3.55. The van der Waals surface area contributed by atoms with Crippen LogP contribution in [-0.2, 0) is 6.54 Å². The van der Waals surface area contributed by atoms with E-state index in [1.54, 1.807) is 43.6 Å². The van der Waals surface area contributed by atoms with Crippen molar-refractivity contribution in [3.8, 4) is 22.5 Å². The molecule has 174 valence electrons. The maximum absolute atomic E-state index is 13.4. The van der Waals surface area contributed by atoms with Gasteiger partial charge in [-0.25, -0.2) is 9.37 Å². The molecule has 0 unspecified atom stereocenters. The fourth-order valence-electron chi connectivity index (χ4n) is 3.87. The van der Waals surface area contributed by atoms with E-state index in [9.17, 15) is 14.0 Å². The highest BCUT2D eigenvalue weighted by atomic mass is 32.1. The fourth-order valence-corrected chi connectivity index (χ4v) is 4.43. The van der Waals surface area contributed by atoms with E-state index in [4.69, 9.17) is 4.42 Å². The summed E-state index contributed by atoms with van der Waals surface area (Å²) >= 11 is 1.48. The van der Waals surface area contributed by atoms with Crippen LogP contribution in [-0.4, -0.2) is 23.8 Å². The Morgan fingerprint density at radius 1 is 0.971 bits per heavy atom. The number of halogens is 1. The fraction of sp³-hybridized carbons (Fsp3) is 0.0741. The monoisotopic (exact) mass is 485 g/mol. The van der Waals surface area contributed by atoms with Crippen molar-refractivity contribution < 1.29 is 18.4 Å². The maximum atomic E-state index is 13.4. The molecule has 0 fully saturated rings. The van der Waals surface area contributed by atoms with Crippen LogP contribution in [0.1, 0.15) is 25.7 Å². The van der Waals surface area contributed by atoms with Gasteiger partial charge in [0.05, 0.1) is 12.1 Å². The van der Waals surface area contributed by atoms with Crippen molar-refractivity contribution in [2.24, 2.45) is 0 Å². The summed E-state index contributed by atoms with van der Waals surface area (Å²) in [5.74, 6) is -0.511. The van der Waals surface area contributed by atoms with Gasteiger partial charge in [-0.2, -0.15) is 0 Å². The second kappa shape index (κ2) is 9.52. The number of hydrogen-bond acceptors (Lipinski definition) is 5. The Labute approximate surface area is 204 Å². The van der Waals surface area contributed by atoms with Crippen LogP contribution in [0.5, 0.6) is 0 Å². The van der Waals surface area contributed by atoms with Crippen LogP contribution in [0.4, 0.5) is 4.39 Å². The van der Waals surface area contributed by atoms with Crippen molar-refractivity contribution in [2.45, 2.75) is 6.54 Å². The van der Waals surface area contributed by atoms with Crippen molar-refractivity contribution in [1.82, 2.24) is 15.6 Å². The molecule has 0 aliphatic carbocycles. The van der Waals surface area contributed by atoms with Crippen LogP contribution < -0.4 is 10.6 Å². The zero-order chi connectivity index (χ0) is 24.4. The molecule has 0 spiro atoms. The first kappa shape index (κ1) is 22.5. The lowest BCUT2D eigenvalue weighted by Gasteiger charge is -2.07. The number of aromatic nitrogens is 1.